The highest BCUT2D eigenvalue weighted by Gasteiger charge is 2.61. The first kappa shape index (κ1) is 10.0. The van der Waals surface area contributed by atoms with Crippen molar-refractivity contribution in [3.05, 3.63) is 12.7 Å². The van der Waals surface area contributed by atoms with Gasteiger partial charge in [0.2, 0.25) is 11.8 Å². The summed E-state index contributed by atoms with van der Waals surface area (Å²) >= 11 is 0. The topological polar surface area (TPSA) is 46.6 Å². The van der Waals surface area contributed by atoms with Crippen molar-refractivity contribution in [2.75, 3.05) is 6.54 Å². The quantitative estimate of drug-likeness (QED) is 0.521. The van der Waals surface area contributed by atoms with Crippen LogP contribution in [0.5, 0.6) is 0 Å². The minimum absolute atomic E-state index is 0.000168. The molecule has 2 bridgehead atoms. The molecular formula is C12H15NO3. The molecule has 86 valence electrons. The van der Waals surface area contributed by atoms with Crippen LogP contribution in [0.2, 0.25) is 0 Å². The lowest BCUT2D eigenvalue weighted by atomic mass is 9.81. The molecule has 3 aliphatic heterocycles. The van der Waals surface area contributed by atoms with Crippen molar-refractivity contribution in [2.24, 2.45) is 11.8 Å². The van der Waals surface area contributed by atoms with Crippen LogP contribution in [-0.4, -0.2) is 35.5 Å². The van der Waals surface area contributed by atoms with Gasteiger partial charge in [-0.3, -0.25) is 14.5 Å². The van der Waals surface area contributed by atoms with Crippen LogP contribution in [0, 0.1) is 11.8 Å². The molecule has 3 heterocycles. The van der Waals surface area contributed by atoms with E-state index < -0.39 is 0 Å². The van der Waals surface area contributed by atoms with Gasteiger partial charge in [0.25, 0.3) is 0 Å². The monoisotopic (exact) mass is 221 g/mol. The molecule has 0 spiro atoms. The van der Waals surface area contributed by atoms with Crippen LogP contribution in [0.15, 0.2) is 12.7 Å². The fourth-order valence-electron chi connectivity index (χ4n) is 3.21. The van der Waals surface area contributed by atoms with Gasteiger partial charge in [0, 0.05) is 6.54 Å². The Morgan fingerprint density at radius 2 is 1.81 bits per heavy atom. The van der Waals surface area contributed by atoms with Crippen molar-refractivity contribution in [1.29, 1.82) is 0 Å². The molecule has 2 amide bonds. The van der Waals surface area contributed by atoms with Gasteiger partial charge in [-0.15, -0.1) is 6.58 Å². The molecule has 16 heavy (non-hydrogen) atoms. The molecule has 0 unspecified atom stereocenters. The molecule has 4 atom stereocenters. The second-order valence-electron chi connectivity index (χ2n) is 4.75. The normalized spacial score (nSPS) is 40.6. The summed E-state index contributed by atoms with van der Waals surface area (Å²) in [7, 11) is 0. The molecule has 0 saturated carbocycles. The highest BCUT2D eigenvalue weighted by molar-refractivity contribution is 6.06. The summed E-state index contributed by atoms with van der Waals surface area (Å²) in [6.07, 6.45) is 4.27. The first-order valence-corrected chi connectivity index (χ1v) is 5.85. The lowest BCUT2D eigenvalue weighted by molar-refractivity contribution is -0.142. The van der Waals surface area contributed by atoms with Crippen molar-refractivity contribution < 1.29 is 14.3 Å². The maximum Gasteiger partial charge on any atom is 0.235 e. The third kappa shape index (κ3) is 1.13. The Hall–Kier alpha value is -1.16. The minimum atomic E-state index is -0.184. The molecule has 4 heteroatoms. The third-order valence-electron chi connectivity index (χ3n) is 3.93. The minimum Gasteiger partial charge on any atom is -0.373 e. The van der Waals surface area contributed by atoms with Crippen LogP contribution in [0.25, 0.3) is 0 Å². The summed E-state index contributed by atoms with van der Waals surface area (Å²) in [5.74, 6) is -0.416. The largest absolute Gasteiger partial charge is 0.373 e. The first-order chi connectivity index (χ1) is 7.74. The Kier molecular flexibility index (Phi) is 2.14. The second-order valence-corrected chi connectivity index (χ2v) is 4.75. The Balaban J connectivity index is 1.83. The number of fused-ring (bicyclic) bond motifs is 5. The Morgan fingerprint density at radius 1 is 1.25 bits per heavy atom. The maximum absolute atomic E-state index is 12.1. The van der Waals surface area contributed by atoms with Gasteiger partial charge >= 0.3 is 0 Å². The zero-order valence-electron chi connectivity index (χ0n) is 9.09. The zero-order chi connectivity index (χ0) is 11.3. The van der Waals surface area contributed by atoms with Crippen LogP contribution < -0.4 is 0 Å². The lowest BCUT2D eigenvalue weighted by Crippen LogP contribution is -2.34. The van der Waals surface area contributed by atoms with Gasteiger partial charge < -0.3 is 4.74 Å². The van der Waals surface area contributed by atoms with Gasteiger partial charge in [-0.05, 0) is 19.3 Å². The van der Waals surface area contributed by atoms with E-state index in [0.717, 1.165) is 12.8 Å². The van der Waals surface area contributed by atoms with E-state index in [0.29, 0.717) is 13.0 Å². The second kappa shape index (κ2) is 3.42. The molecule has 0 aliphatic carbocycles. The zero-order valence-corrected chi connectivity index (χ0v) is 9.09. The Labute approximate surface area is 94.2 Å². The van der Waals surface area contributed by atoms with E-state index in [2.05, 4.69) is 6.58 Å². The molecule has 0 radical (unpaired) electrons. The predicted molar refractivity (Wildman–Crippen MR) is 56.4 cm³/mol. The molecular weight excluding hydrogens is 206 g/mol. The van der Waals surface area contributed by atoms with Gasteiger partial charge in [-0.25, -0.2) is 0 Å². The highest BCUT2D eigenvalue weighted by Crippen LogP contribution is 2.48. The van der Waals surface area contributed by atoms with Crippen LogP contribution >= 0.6 is 0 Å². The standard InChI is InChI=1S/C12H15NO3/c1-2-3-6-13-11(14)9-7-4-5-8(16-7)10(9)12(13)15/h2,7-10H,1,3-6H2/t7-,8+,9-,10+. The summed E-state index contributed by atoms with van der Waals surface area (Å²) in [5, 5.41) is 0. The highest BCUT2D eigenvalue weighted by atomic mass is 16.5. The molecule has 0 aromatic heterocycles. The van der Waals surface area contributed by atoms with Crippen molar-refractivity contribution in [2.45, 2.75) is 31.5 Å². The average molecular weight is 221 g/mol. The van der Waals surface area contributed by atoms with Gasteiger partial charge in [0.1, 0.15) is 0 Å². The third-order valence-corrected chi connectivity index (χ3v) is 3.93. The fraction of sp³-hybridized carbons (Fsp3) is 0.667. The molecule has 3 fully saturated rings. The van der Waals surface area contributed by atoms with Crippen LogP contribution in [0.3, 0.4) is 0 Å². The summed E-state index contributed by atoms with van der Waals surface area (Å²) < 4.78 is 5.64. The van der Waals surface area contributed by atoms with E-state index >= 15 is 0 Å². The van der Waals surface area contributed by atoms with Crippen LogP contribution in [-0.2, 0) is 14.3 Å². The number of imide groups is 1. The van der Waals surface area contributed by atoms with E-state index in [4.69, 9.17) is 4.74 Å². The van der Waals surface area contributed by atoms with Crippen molar-refractivity contribution in [1.82, 2.24) is 4.90 Å². The van der Waals surface area contributed by atoms with E-state index in [1.165, 1.54) is 4.90 Å². The fourth-order valence-corrected chi connectivity index (χ4v) is 3.21. The number of carbonyl (C=O) groups excluding carboxylic acids is 2. The lowest BCUT2D eigenvalue weighted by Gasteiger charge is -2.16. The number of carbonyl (C=O) groups is 2. The number of nitrogens with zero attached hydrogens (tertiary/aromatic N) is 1. The molecule has 4 nitrogen and oxygen atoms in total. The molecule has 3 saturated heterocycles. The molecule has 0 aromatic carbocycles. The molecule has 3 rings (SSSR count). The van der Waals surface area contributed by atoms with E-state index in [-0.39, 0.29) is 35.9 Å². The van der Waals surface area contributed by atoms with Gasteiger partial charge in [-0.1, -0.05) is 6.08 Å². The van der Waals surface area contributed by atoms with Gasteiger partial charge in [-0.2, -0.15) is 0 Å². The van der Waals surface area contributed by atoms with Crippen molar-refractivity contribution >= 4 is 11.8 Å². The molecule has 3 aliphatic rings. The summed E-state index contributed by atoms with van der Waals surface area (Å²) in [5.41, 5.74) is 0. The summed E-state index contributed by atoms with van der Waals surface area (Å²) in [6.45, 7) is 4.09. The van der Waals surface area contributed by atoms with Crippen molar-refractivity contribution in [3.63, 3.8) is 0 Å². The van der Waals surface area contributed by atoms with Crippen LogP contribution in [0.4, 0.5) is 0 Å². The first-order valence-electron chi connectivity index (χ1n) is 5.85. The number of amides is 2. The number of hydrogen-bond donors (Lipinski definition) is 0. The van der Waals surface area contributed by atoms with Crippen LogP contribution in [0.1, 0.15) is 19.3 Å². The van der Waals surface area contributed by atoms with E-state index in [9.17, 15) is 9.59 Å². The maximum atomic E-state index is 12.1. The summed E-state index contributed by atoms with van der Waals surface area (Å²) in [6, 6.07) is 0. The number of rotatable bonds is 3. The Bertz CT molecular complexity index is 337. The number of likely N-dealkylation sites (tertiary alicyclic amines) is 1. The smallest absolute Gasteiger partial charge is 0.235 e. The summed E-state index contributed by atoms with van der Waals surface area (Å²) in [4.78, 5) is 25.6. The Morgan fingerprint density at radius 3 is 2.31 bits per heavy atom. The number of ether oxygens (including phenoxy) is 1. The van der Waals surface area contributed by atoms with E-state index in [1.54, 1.807) is 6.08 Å². The SMILES string of the molecule is C=CCCN1C(=O)[C@@H]2[C@H](C1=O)[C@H]1CC[C@@H]2O1. The average Bonchev–Trinajstić information content (AvgIpc) is 2.92. The van der Waals surface area contributed by atoms with Crippen molar-refractivity contribution in [3.8, 4) is 0 Å². The number of hydrogen-bond acceptors (Lipinski definition) is 3. The van der Waals surface area contributed by atoms with Gasteiger partial charge in [0.05, 0.1) is 24.0 Å². The van der Waals surface area contributed by atoms with Gasteiger partial charge in [0.15, 0.2) is 0 Å². The molecule has 0 N–H and O–H groups in total. The molecule has 0 aromatic rings. The predicted octanol–water partition coefficient (Wildman–Crippen LogP) is 0.725. The van der Waals surface area contributed by atoms with E-state index in [1.807, 2.05) is 0 Å².